The average Bonchev–Trinajstić information content (AvgIpc) is 2.51. The van der Waals surface area contributed by atoms with Crippen molar-refractivity contribution in [3.63, 3.8) is 0 Å². The molecule has 0 amide bonds. The fourth-order valence-corrected chi connectivity index (χ4v) is 2.23. The quantitative estimate of drug-likeness (QED) is 0.376. The molecule has 0 aromatic carbocycles. The maximum atomic E-state index is 8.32. The van der Waals surface area contributed by atoms with E-state index >= 15 is 0 Å². The molecular formula is C8H14N4O. The molecule has 2 fully saturated rings. The highest BCUT2D eigenvalue weighted by atomic mass is 16.5. The first-order valence-corrected chi connectivity index (χ1v) is 4.72. The Morgan fingerprint density at radius 3 is 2.92 bits per heavy atom. The highest BCUT2D eigenvalue weighted by molar-refractivity contribution is 5.00. The third-order valence-corrected chi connectivity index (χ3v) is 3.00. The molecule has 2 heterocycles. The predicted octanol–water partition coefficient (Wildman–Crippen LogP) is 1.21. The van der Waals surface area contributed by atoms with E-state index in [2.05, 4.69) is 15.3 Å². The van der Waals surface area contributed by atoms with E-state index in [0.29, 0.717) is 0 Å². The minimum absolute atomic E-state index is 0.142. The molecule has 13 heavy (non-hydrogen) atoms. The molecule has 0 aromatic heterocycles. The maximum absolute atomic E-state index is 8.32. The Kier molecular flexibility index (Phi) is 2.40. The Labute approximate surface area is 77.1 Å². The van der Waals surface area contributed by atoms with Crippen LogP contribution in [0.3, 0.4) is 0 Å². The van der Waals surface area contributed by atoms with Crippen molar-refractivity contribution in [1.82, 2.24) is 5.32 Å². The number of nitrogens with one attached hydrogen (secondary N) is 1. The van der Waals surface area contributed by atoms with Crippen LogP contribution in [0.25, 0.3) is 10.4 Å². The molecular weight excluding hydrogens is 168 g/mol. The van der Waals surface area contributed by atoms with Crippen LogP contribution in [0.5, 0.6) is 0 Å². The summed E-state index contributed by atoms with van der Waals surface area (Å²) in [6, 6.07) is 0.142. The second-order valence-corrected chi connectivity index (χ2v) is 3.84. The third-order valence-electron chi connectivity index (χ3n) is 3.00. The summed E-state index contributed by atoms with van der Waals surface area (Å²) in [4.78, 5) is 2.85. The average molecular weight is 182 g/mol. The summed E-state index contributed by atoms with van der Waals surface area (Å²) in [7, 11) is 0. The molecule has 0 bridgehead atoms. The first-order chi connectivity index (χ1) is 6.35. The van der Waals surface area contributed by atoms with Gasteiger partial charge < -0.3 is 10.1 Å². The van der Waals surface area contributed by atoms with Crippen molar-refractivity contribution in [3.8, 4) is 0 Å². The number of ether oxygens (including phenoxy) is 1. The summed E-state index contributed by atoms with van der Waals surface area (Å²) in [6.07, 6.45) is 3.06. The Balaban J connectivity index is 1.98. The van der Waals surface area contributed by atoms with Gasteiger partial charge in [0.15, 0.2) is 0 Å². The standard InChI is InChI=1S/C8H14N4O/c9-12-11-7-5-8(10-6-7)1-3-13-4-2-8/h7,10H,1-6H2. The van der Waals surface area contributed by atoms with Gasteiger partial charge in [0.05, 0.1) is 6.04 Å². The first kappa shape index (κ1) is 8.81. The van der Waals surface area contributed by atoms with E-state index < -0.39 is 0 Å². The number of rotatable bonds is 1. The zero-order valence-electron chi connectivity index (χ0n) is 7.57. The summed E-state index contributed by atoms with van der Waals surface area (Å²) < 4.78 is 5.31. The Hall–Kier alpha value is -0.770. The topological polar surface area (TPSA) is 70.0 Å². The molecule has 2 rings (SSSR count). The minimum Gasteiger partial charge on any atom is -0.381 e. The Morgan fingerprint density at radius 1 is 1.46 bits per heavy atom. The highest BCUT2D eigenvalue weighted by Crippen LogP contribution is 2.31. The Bertz CT molecular complexity index is 230. The van der Waals surface area contributed by atoms with Gasteiger partial charge in [0, 0.05) is 30.2 Å². The molecule has 1 N–H and O–H groups in total. The van der Waals surface area contributed by atoms with Gasteiger partial charge in [-0.15, -0.1) is 0 Å². The van der Waals surface area contributed by atoms with Crippen LogP contribution in [0.4, 0.5) is 0 Å². The van der Waals surface area contributed by atoms with Crippen LogP contribution in [-0.2, 0) is 4.74 Å². The fraction of sp³-hybridized carbons (Fsp3) is 1.00. The molecule has 0 aromatic rings. The van der Waals surface area contributed by atoms with Gasteiger partial charge in [-0.05, 0) is 24.8 Å². The van der Waals surface area contributed by atoms with Crippen molar-refractivity contribution in [2.75, 3.05) is 19.8 Å². The largest absolute Gasteiger partial charge is 0.381 e. The zero-order chi connectivity index (χ0) is 9.15. The van der Waals surface area contributed by atoms with Gasteiger partial charge in [-0.2, -0.15) is 0 Å². The molecule has 2 aliphatic heterocycles. The van der Waals surface area contributed by atoms with E-state index in [1.807, 2.05) is 0 Å². The number of hydrogen-bond donors (Lipinski definition) is 1. The minimum atomic E-state index is 0.142. The summed E-state index contributed by atoms with van der Waals surface area (Å²) in [5, 5.41) is 7.21. The summed E-state index contributed by atoms with van der Waals surface area (Å²) in [5.74, 6) is 0. The molecule has 2 aliphatic rings. The van der Waals surface area contributed by atoms with Crippen molar-refractivity contribution in [2.24, 2.45) is 5.11 Å². The van der Waals surface area contributed by atoms with Crippen LogP contribution in [0.1, 0.15) is 19.3 Å². The van der Waals surface area contributed by atoms with Gasteiger partial charge in [0.2, 0.25) is 0 Å². The van der Waals surface area contributed by atoms with Gasteiger partial charge in [0.25, 0.3) is 0 Å². The van der Waals surface area contributed by atoms with E-state index in [4.69, 9.17) is 10.3 Å². The molecule has 1 unspecified atom stereocenters. The monoisotopic (exact) mass is 182 g/mol. The fourth-order valence-electron chi connectivity index (χ4n) is 2.23. The van der Waals surface area contributed by atoms with E-state index in [1.54, 1.807) is 0 Å². The molecule has 5 nitrogen and oxygen atoms in total. The third kappa shape index (κ3) is 1.77. The smallest absolute Gasteiger partial charge is 0.0516 e. The molecule has 1 atom stereocenters. The van der Waals surface area contributed by atoms with Crippen molar-refractivity contribution in [1.29, 1.82) is 0 Å². The van der Waals surface area contributed by atoms with E-state index in [1.165, 1.54) is 0 Å². The second kappa shape index (κ2) is 3.54. The van der Waals surface area contributed by atoms with E-state index in [0.717, 1.165) is 39.0 Å². The lowest BCUT2D eigenvalue weighted by Gasteiger charge is -2.33. The lowest BCUT2D eigenvalue weighted by molar-refractivity contribution is 0.0454. The molecule has 1 spiro atoms. The van der Waals surface area contributed by atoms with Gasteiger partial charge in [-0.25, -0.2) is 0 Å². The summed E-state index contributed by atoms with van der Waals surface area (Å²) in [6.45, 7) is 2.48. The number of azide groups is 1. The van der Waals surface area contributed by atoms with Crippen molar-refractivity contribution in [2.45, 2.75) is 30.8 Å². The van der Waals surface area contributed by atoms with Crippen LogP contribution < -0.4 is 5.32 Å². The zero-order valence-corrected chi connectivity index (χ0v) is 7.57. The van der Waals surface area contributed by atoms with Crippen molar-refractivity contribution < 1.29 is 4.74 Å². The second-order valence-electron chi connectivity index (χ2n) is 3.84. The van der Waals surface area contributed by atoms with Crippen LogP contribution in [0.2, 0.25) is 0 Å². The first-order valence-electron chi connectivity index (χ1n) is 4.72. The van der Waals surface area contributed by atoms with Gasteiger partial charge in [-0.3, -0.25) is 0 Å². The summed E-state index contributed by atoms with van der Waals surface area (Å²) in [5.41, 5.74) is 8.52. The molecule has 72 valence electrons. The van der Waals surface area contributed by atoms with Crippen LogP contribution in [-0.4, -0.2) is 31.3 Å². The van der Waals surface area contributed by atoms with Gasteiger partial charge in [-0.1, -0.05) is 5.11 Å². The molecule has 0 radical (unpaired) electrons. The summed E-state index contributed by atoms with van der Waals surface area (Å²) >= 11 is 0. The molecule has 5 heteroatoms. The van der Waals surface area contributed by atoms with E-state index in [9.17, 15) is 0 Å². The Morgan fingerprint density at radius 2 is 2.23 bits per heavy atom. The molecule has 2 saturated heterocycles. The van der Waals surface area contributed by atoms with Gasteiger partial charge >= 0.3 is 0 Å². The lowest BCUT2D eigenvalue weighted by atomic mass is 9.88. The molecule has 0 aliphatic carbocycles. The SMILES string of the molecule is [N-]=[N+]=NC1CNC2(CCOCC2)C1. The maximum Gasteiger partial charge on any atom is 0.0516 e. The number of hydrogen-bond acceptors (Lipinski definition) is 3. The van der Waals surface area contributed by atoms with Gasteiger partial charge in [0.1, 0.15) is 0 Å². The van der Waals surface area contributed by atoms with Crippen molar-refractivity contribution in [3.05, 3.63) is 10.4 Å². The predicted molar refractivity (Wildman–Crippen MR) is 48.3 cm³/mol. The highest BCUT2D eigenvalue weighted by Gasteiger charge is 2.39. The van der Waals surface area contributed by atoms with E-state index in [-0.39, 0.29) is 11.6 Å². The van der Waals surface area contributed by atoms with Crippen molar-refractivity contribution >= 4 is 0 Å². The molecule has 0 saturated carbocycles. The van der Waals surface area contributed by atoms with Crippen LogP contribution in [0.15, 0.2) is 5.11 Å². The normalized spacial score (nSPS) is 31.5. The van der Waals surface area contributed by atoms with Crippen LogP contribution in [0, 0.1) is 0 Å². The van der Waals surface area contributed by atoms with Crippen LogP contribution >= 0.6 is 0 Å². The number of nitrogens with zero attached hydrogens (tertiary/aromatic N) is 3. The lowest BCUT2D eigenvalue weighted by Crippen LogP contribution is -2.44.